The smallest absolute Gasteiger partial charge is 0.220 e. The van der Waals surface area contributed by atoms with Gasteiger partial charge in [0.25, 0.3) is 0 Å². The maximum absolute atomic E-state index is 12.1. The number of nitrogens with one attached hydrogen (secondary N) is 2. The Morgan fingerprint density at radius 3 is 2.43 bits per heavy atom. The molecule has 0 aliphatic carbocycles. The van der Waals surface area contributed by atoms with Crippen molar-refractivity contribution in [1.82, 2.24) is 15.5 Å². The van der Waals surface area contributed by atoms with Gasteiger partial charge in [-0.2, -0.15) is 0 Å². The summed E-state index contributed by atoms with van der Waals surface area (Å²) in [5, 5.41) is 6.55. The third-order valence-electron chi connectivity index (χ3n) is 4.97. The van der Waals surface area contributed by atoms with Crippen molar-refractivity contribution in [2.24, 2.45) is 5.92 Å². The monoisotopic (exact) mass is 369 g/mol. The van der Waals surface area contributed by atoms with Crippen molar-refractivity contribution < 1.29 is 9.53 Å². The lowest BCUT2D eigenvalue weighted by Gasteiger charge is -2.36. The lowest BCUT2D eigenvalue weighted by atomic mass is 9.93. The zero-order valence-electron chi connectivity index (χ0n) is 14.4. The van der Waals surface area contributed by atoms with Gasteiger partial charge in [-0.3, -0.25) is 9.69 Å². The first kappa shape index (κ1) is 22.9. The first-order chi connectivity index (χ1) is 10.2. The van der Waals surface area contributed by atoms with Crippen LogP contribution in [-0.4, -0.2) is 62.3 Å². The molecule has 0 aromatic carbocycles. The molecule has 2 aliphatic heterocycles. The molecule has 2 heterocycles. The molecule has 2 N–H and O–H groups in total. The summed E-state index contributed by atoms with van der Waals surface area (Å²) in [7, 11) is 0. The normalized spacial score (nSPS) is 22.3. The number of rotatable bonds is 6. The molecule has 0 aromatic heterocycles. The minimum Gasteiger partial charge on any atom is -0.379 e. The number of carbonyl (C=O) groups is 1. The Morgan fingerprint density at radius 2 is 1.83 bits per heavy atom. The molecule has 138 valence electrons. The van der Waals surface area contributed by atoms with E-state index in [1.807, 2.05) is 0 Å². The molecule has 2 rings (SSSR count). The molecule has 2 atom stereocenters. The average Bonchev–Trinajstić information content (AvgIpc) is 2.54. The molecule has 2 aliphatic rings. The van der Waals surface area contributed by atoms with Gasteiger partial charge in [0.05, 0.1) is 13.2 Å². The van der Waals surface area contributed by atoms with Gasteiger partial charge in [0, 0.05) is 31.6 Å². The van der Waals surface area contributed by atoms with Crippen molar-refractivity contribution >= 4 is 30.7 Å². The number of piperidine rings is 1. The molecule has 2 fully saturated rings. The molecule has 0 saturated carbocycles. The van der Waals surface area contributed by atoms with E-state index >= 15 is 0 Å². The average molecular weight is 370 g/mol. The van der Waals surface area contributed by atoms with Crippen molar-refractivity contribution in [3.05, 3.63) is 0 Å². The third-order valence-corrected chi connectivity index (χ3v) is 4.97. The van der Waals surface area contributed by atoms with Gasteiger partial charge in [-0.1, -0.05) is 0 Å². The van der Waals surface area contributed by atoms with Crippen LogP contribution in [0.25, 0.3) is 0 Å². The number of halogens is 2. The lowest BCUT2D eigenvalue weighted by Crippen LogP contribution is -2.52. The van der Waals surface area contributed by atoms with Gasteiger partial charge in [0.2, 0.25) is 5.91 Å². The molecule has 0 aromatic rings. The molecule has 0 bridgehead atoms. The Hall–Kier alpha value is -0.0700. The zero-order valence-corrected chi connectivity index (χ0v) is 16.0. The first-order valence-corrected chi connectivity index (χ1v) is 8.48. The van der Waals surface area contributed by atoms with Crippen molar-refractivity contribution in [2.75, 3.05) is 39.4 Å². The van der Waals surface area contributed by atoms with Gasteiger partial charge in [0.15, 0.2) is 0 Å². The van der Waals surface area contributed by atoms with E-state index < -0.39 is 0 Å². The third kappa shape index (κ3) is 8.03. The van der Waals surface area contributed by atoms with Crippen molar-refractivity contribution in [3.63, 3.8) is 0 Å². The fraction of sp³-hybridized carbons (Fsp3) is 0.938. The Morgan fingerprint density at radius 1 is 1.22 bits per heavy atom. The molecular formula is C16H33Cl2N3O2. The summed E-state index contributed by atoms with van der Waals surface area (Å²) in [5.74, 6) is 0.935. The number of hydrogen-bond acceptors (Lipinski definition) is 4. The Balaban J connectivity index is 0.00000242. The van der Waals surface area contributed by atoms with Crippen molar-refractivity contribution in [1.29, 1.82) is 0 Å². The van der Waals surface area contributed by atoms with Crippen LogP contribution in [-0.2, 0) is 9.53 Å². The fourth-order valence-corrected chi connectivity index (χ4v) is 3.25. The summed E-state index contributed by atoms with van der Waals surface area (Å²) < 4.78 is 5.38. The predicted molar refractivity (Wildman–Crippen MR) is 98.8 cm³/mol. The summed E-state index contributed by atoms with van der Waals surface area (Å²) in [5.41, 5.74) is 0. The standard InChI is InChI=1S/C16H31N3O2.2ClH/c1-13(14(2)19-9-11-21-12-10-19)18-16(20)4-3-15-5-7-17-8-6-15;;/h13-15,17H,3-12H2,1-2H3,(H,18,20);2*1H. The minimum absolute atomic E-state index is 0. The van der Waals surface area contributed by atoms with Gasteiger partial charge >= 0.3 is 0 Å². The van der Waals surface area contributed by atoms with Crippen LogP contribution in [0.4, 0.5) is 0 Å². The molecule has 1 amide bonds. The van der Waals surface area contributed by atoms with E-state index in [9.17, 15) is 4.79 Å². The van der Waals surface area contributed by atoms with Crippen LogP contribution in [0.3, 0.4) is 0 Å². The van der Waals surface area contributed by atoms with E-state index in [1.54, 1.807) is 0 Å². The summed E-state index contributed by atoms with van der Waals surface area (Å²) in [4.78, 5) is 14.5. The Kier molecular flexibility index (Phi) is 12.3. The van der Waals surface area contributed by atoms with E-state index in [1.165, 1.54) is 12.8 Å². The highest BCUT2D eigenvalue weighted by Gasteiger charge is 2.23. The van der Waals surface area contributed by atoms with E-state index in [-0.39, 0.29) is 36.8 Å². The van der Waals surface area contributed by atoms with Gasteiger partial charge in [-0.05, 0) is 52.1 Å². The number of hydrogen-bond donors (Lipinski definition) is 2. The van der Waals surface area contributed by atoms with Crippen LogP contribution < -0.4 is 10.6 Å². The molecular weight excluding hydrogens is 337 g/mol. The number of morpholine rings is 1. The number of ether oxygens (including phenoxy) is 1. The largest absolute Gasteiger partial charge is 0.379 e. The fourth-order valence-electron chi connectivity index (χ4n) is 3.25. The highest BCUT2D eigenvalue weighted by Crippen LogP contribution is 2.17. The lowest BCUT2D eigenvalue weighted by molar-refractivity contribution is -0.122. The van der Waals surface area contributed by atoms with Crippen LogP contribution in [0, 0.1) is 5.92 Å². The van der Waals surface area contributed by atoms with Gasteiger partial charge in [-0.15, -0.1) is 24.8 Å². The van der Waals surface area contributed by atoms with E-state index in [0.29, 0.717) is 12.5 Å². The van der Waals surface area contributed by atoms with Gasteiger partial charge in [-0.25, -0.2) is 0 Å². The van der Waals surface area contributed by atoms with E-state index in [2.05, 4.69) is 29.4 Å². The molecule has 2 unspecified atom stereocenters. The van der Waals surface area contributed by atoms with Crippen LogP contribution in [0.1, 0.15) is 39.5 Å². The molecule has 23 heavy (non-hydrogen) atoms. The highest BCUT2D eigenvalue weighted by atomic mass is 35.5. The van der Waals surface area contributed by atoms with E-state index in [0.717, 1.165) is 51.7 Å². The second-order valence-corrected chi connectivity index (χ2v) is 6.48. The Bertz CT molecular complexity index is 322. The van der Waals surface area contributed by atoms with Crippen molar-refractivity contribution in [3.8, 4) is 0 Å². The molecule has 5 nitrogen and oxygen atoms in total. The molecule has 7 heteroatoms. The number of carbonyl (C=O) groups excluding carboxylic acids is 1. The van der Waals surface area contributed by atoms with Gasteiger partial charge < -0.3 is 15.4 Å². The first-order valence-electron chi connectivity index (χ1n) is 8.48. The SMILES string of the molecule is CC(NC(=O)CCC1CCNCC1)C(C)N1CCOCC1.Cl.Cl. The number of nitrogens with zero attached hydrogens (tertiary/aromatic N) is 1. The molecule has 0 spiro atoms. The highest BCUT2D eigenvalue weighted by molar-refractivity contribution is 5.85. The summed E-state index contributed by atoms with van der Waals surface area (Å²) in [6.07, 6.45) is 4.14. The topological polar surface area (TPSA) is 53.6 Å². The van der Waals surface area contributed by atoms with E-state index in [4.69, 9.17) is 4.74 Å². The minimum atomic E-state index is 0. The maximum Gasteiger partial charge on any atom is 0.220 e. The van der Waals surface area contributed by atoms with Gasteiger partial charge in [0.1, 0.15) is 0 Å². The number of amides is 1. The zero-order chi connectivity index (χ0) is 15.1. The Labute approximate surface area is 153 Å². The van der Waals surface area contributed by atoms with Crippen molar-refractivity contribution in [2.45, 2.75) is 51.6 Å². The summed E-state index contributed by atoms with van der Waals surface area (Å²) >= 11 is 0. The second-order valence-electron chi connectivity index (χ2n) is 6.48. The second kappa shape index (κ2) is 12.3. The van der Waals surface area contributed by atoms with Crippen LogP contribution in [0.2, 0.25) is 0 Å². The van der Waals surface area contributed by atoms with Crippen LogP contribution in [0.5, 0.6) is 0 Å². The molecule has 0 radical (unpaired) electrons. The van der Waals surface area contributed by atoms with Crippen LogP contribution >= 0.6 is 24.8 Å². The summed E-state index contributed by atoms with van der Waals surface area (Å²) in [6, 6.07) is 0.570. The van der Waals surface area contributed by atoms with Crippen LogP contribution in [0.15, 0.2) is 0 Å². The summed E-state index contributed by atoms with van der Waals surface area (Å²) in [6.45, 7) is 10.1. The maximum atomic E-state index is 12.1. The molecule has 2 saturated heterocycles. The predicted octanol–water partition coefficient (Wildman–Crippen LogP) is 1.84. The quantitative estimate of drug-likeness (QED) is 0.749.